The SMILES string of the molecule is O=C(N[C@@H]1CC[C@@H](c2cccc(F)c2F)Cn2c1nnc2C1(C(F)(F)F)CC1)c1ccc2c(c1)CC1(C2)C(=O)Nc2ncccc21. The number of carbonyl (C=O) groups is 2. The van der Waals surface area contributed by atoms with Gasteiger partial charge in [-0.15, -0.1) is 10.2 Å². The van der Waals surface area contributed by atoms with Crippen LogP contribution in [0.3, 0.4) is 0 Å². The van der Waals surface area contributed by atoms with Gasteiger partial charge in [0.2, 0.25) is 5.91 Å². The van der Waals surface area contributed by atoms with Crippen molar-refractivity contribution < 1.29 is 31.5 Å². The zero-order valence-electron chi connectivity index (χ0n) is 24.3. The van der Waals surface area contributed by atoms with Crippen LogP contribution in [0.25, 0.3) is 0 Å². The third-order valence-corrected chi connectivity index (χ3v) is 10.2. The molecule has 0 saturated heterocycles. The summed E-state index contributed by atoms with van der Waals surface area (Å²) in [6, 6.07) is 11.8. The predicted molar refractivity (Wildman–Crippen MR) is 154 cm³/mol. The van der Waals surface area contributed by atoms with Crippen LogP contribution in [0.4, 0.5) is 27.8 Å². The molecule has 2 amide bonds. The number of amides is 2. The van der Waals surface area contributed by atoms with Crippen molar-refractivity contribution in [3.63, 3.8) is 0 Å². The largest absolute Gasteiger partial charge is 0.401 e. The number of fused-ring (bicyclic) bond motifs is 4. The second-order valence-electron chi connectivity index (χ2n) is 12.8. The van der Waals surface area contributed by atoms with Crippen molar-refractivity contribution in [2.45, 2.75) is 74.0 Å². The molecule has 8 nitrogen and oxygen atoms in total. The monoisotopic (exact) mass is 634 g/mol. The summed E-state index contributed by atoms with van der Waals surface area (Å²) in [6.45, 7) is -0.0957. The van der Waals surface area contributed by atoms with Crippen LogP contribution in [0.5, 0.6) is 0 Å². The van der Waals surface area contributed by atoms with E-state index in [1.807, 2.05) is 12.1 Å². The topological polar surface area (TPSA) is 102 Å². The van der Waals surface area contributed by atoms with Crippen LogP contribution < -0.4 is 10.6 Å². The van der Waals surface area contributed by atoms with Crippen LogP contribution in [0, 0.1) is 11.6 Å². The number of nitrogens with one attached hydrogen (secondary N) is 2. The molecule has 2 aliphatic carbocycles. The summed E-state index contributed by atoms with van der Waals surface area (Å²) in [5.74, 6) is -2.99. The Morgan fingerprint density at radius 1 is 1.00 bits per heavy atom. The summed E-state index contributed by atoms with van der Waals surface area (Å²) < 4.78 is 73.2. The number of carbonyl (C=O) groups excluding carboxylic acids is 2. The molecule has 0 radical (unpaired) electrons. The number of nitrogens with zero attached hydrogens (tertiary/aromatic N) is 4. The van der Waals surface area contributed by atoms with Crippen molar-refractivity contribution >= 4 is 17.6 Å². The second-order valence-corrected chi connectivity index (χ2v) is 12.8. The normalized spacial score (nSPS) is 24.2. The van der Waals surface area contributed by atoms with Gasteiger partial charge < -0.3 is 15.2 Å². The van der Waals surface area contributed by atoms with E-state index in [0.717, 1.165) is 22.8 Å². The van der Waals surface area contributed by atoms with Crippen molar-refractivity contribution in [2.24, 2.45) is 0 Å². The molecule has 13 heteroatoms. The Hall–Kier alpha value is -4.68. The van der Waals surface area contributed by atoms with E-state index in [2.05, 4.69) is 25.8 Å². The lowest BCUT2D eigenvalue weighted by Gasteiger charge is -2.22. The number of benzene rings is 2. The smallest absolute Gasteiger partial charge is 0.342 e. The first-order chi connectivity index (χ1) is 22.0. The highest BCUT2D eigenvalue weighted by Crippen LogP contribution is 2.59. The fourth-order valence-electron chi connectivity index (χ4n) is 7.55. The molecule has 4 heterocycles. The lowest BCUT2D eigenvalue weighted by molar-refractivity contribution is -0.163. The number of halogens is 5. The minimum Gasteiger partial charge on any atom is -0.342 e. The highest BCUT2D eigenvalue weighted by molar-refractivity contribution is 6.06. The van der Waals surface area contributed by atoms with Gasteiger partial charge in [-0.3, -0.25) is 9.59 Å². The number of aromatic nitrogens is 4. The molecule has 1 fully saturated rings. The van der Waals surface area contributed by atoms with Crippen LogP contribution in [0.1, 0.15) is 81.9 Å². The second kappa shape index (κ2) is 9.91. The zero-order valence-corrected chi connectivity index (χ0v) is 24.3. The van der Waals surface area contributed by atoms with E-state index in [4.69, 9.17) is 0 Å². The van der Waals surface area contributed by atoms with Crippen LogP contribution in [-0.4, -0.2) is 37.7 Å². The highest BCUT2D eigenvalue weighted by atomic mass is 19.4. The van der Waals surface area contributed by atoms with Crippen molar-refractivity contribution in [1.82, 2.24) is 25.1 Å². The van der Waals surface area contributed by atoms with Gasteiger partial charge >= 0.3 is 6.18 Å². The van der Waals surface area contributed by atoms with Crippen molar-refractivity contribution in [2.75, 3.05) is 5.32 Å². The molecule has 1 unspecified atom stereocenters. The van der Waals surface area contributed by atoms with Crippen LogP contribution in [0.15, 0.2) is 54.7 Å². The van der Waals surface area contributed by atoms with E-state index in [1.165, 1.54) is 16.7 Å². The molecule has 236 valence electrons. The van der Waals surface area contributed by atoms with Gasteiger partial charge in [-0.1, -0.05) is 24.3 Å². The molecule has 0 bridgehead atoms. The maximum atomic E-state index is 14.9. The Bertz CT molecular complexity index is 1940. The molecule has 2 aromatic carbocycles. The van der Waals surface area contributed by atoms with E-state index in [0.29, 0.717) is 24.2 Å². The summed E-state index contributed by atoms with van der Waals surface area (Å²) in [5.41, 5.74) is -0.0239. The number of rotatable bonds is 4. The molecule has 2 aliphatic heterocycles. The third kappa shape index (κ3) is 4.19. The average molecular weight is 635 g/mol. The predicted octanol–water partition coefficient (Wildman–Crippen LogP) is 5.58. The molecular weight excluding hydrogens is 607 g/mol. The summed E-state index contributed by atoms with van der Waals surface area (Å²) in [4.78, 5) is 31.1. The first kappa shape index (κ1) is 28.8. The van der Waals surface area contributed by atoms with Gasteiger partial charge in [0.15, 0.2) is 17.5 Å². The molecule has 1 spiro atoms. The van der Waals surface area contributed by atoms with E-state index < -0.39 is 46.5 Å². The van der Waals surface area contributed by atoms with E-state index in [9.17, 15) is 31.5 Å². The maximum absolute atomic E-state index is 14.9. The van der Waals surface area contributed by atoms with Gasteiger partial charge in [0, 0.05) is 29.8 Å². The average Bonchev–Trinajstić information content (AvgIpc) is 3.56. The Morgan fingerprint density at radius 3 is 2.59 bits per heavy atom. The van der Waals surface area contributed by atoms with Gasteiger partial charge in [-0.25, -0.2) is 13.8 Å². The summed E-state index contributed by atoms with van der Waals surface area (Å²) in [5, 5.41) is 13.9. The lowest BCUT2D eigenvalue weighted by Crippen LogP contribution is -2.35. The van der Waals surface area contributed by atoms with Crippen molar-refractivity contribution in [3.8, 4) is 0 Å². The fourth-order valence-corrected chi connectivity index (χ4v) is 7.55. The molecule has 2 aromatic heterocycles. The van der Waals surface area contributed by atoms with Crippen molar-refractivity contribution in [1.29, 1.82) is 0 Å². The fraction of sp³-hybridized carbons (Fsp3) is 0.364. The Kier molecular flexibility index (Phi) is 6.20. The van der Waals surface area contributed by atoms with Gasteiger partial charge in [0.1, 0.15) is 17.1 Å². The van der Waals surface area contributed by atoms with Crippen molar-refractivity contribution in [3.05, 3.63) is 106 Å². The quantitative estimate of drug-likeness (QED) is 0.286. The van der Waals surface area contributed by atoms with E-state index >= 15 is 0 Å². The van der Waals surface area contributed by atoms with Gasteiger partial charge in [-0.2, -0.15) is 13.2 Å². The maximum Gasteiger partial charge on any atom is 0.401 e. The van der Waals surface area contributed by atoms with Crippen LogP contribution >= 0.6 is 0 Å². The Labute approximate surface area is 259 Å². The van der Waals surface area contributed by atoms with Gasteiger partial charge in [0.25, 0.3) is 5.91 Å². The number of hydrogen-bond acceptors (Lipinski definition) is 5. The molecular formula is C33H27F5N6O2. The first-order valence-corrected chi connectivity index (χ1v) is 15.1. The molecule has 4 aromatic rings. The number of hydrogen-bond donors (Lipinski definition) is 2. The molecule has 1 saturated carbocycles. The minimum absolute atomic E-state index is 0.0507. The van der Waals surface area contributed by atoms with Crippen LogP contribution in [0.2, 0.25) is 0 Å². The number of alkyl halides is 3. The van der Waals surface area contributed by atoms with Gasteiger partial charge in [0.05, 0.1) is 11.5 Å². The molecule has 8 rings (SSSR count). The standard InChI is InChI=1S/C33H27F5N6O2/c34-23-5-1-3-21(25(23)35)19-8-9-24(27-42-43-29(44(27)16-19)32(10-11-32)33(36,37)38)40-28(45)17-6-7-18-14-31(15-20(18)13-17)22-4-2-12-39-26(22)41-30(31)46/h1-7,12-13,19,24H,8-11,14-16H2,(H,40,45)(H,39,41,46)/t19-,24-,31?/m1/s1. The Balaban J connectivity index is 1.10. The van der Waals surface area contributed by atoms with E-state index in [1.54, 1.807) is 24.4 Å². The van der Waals surface area contributed by atoms with Gasteiger partial charge in [-0.05, 0) is 79.5 Å². The summed E-state index contributed by atoms with van der Waals surface area (Å²) in [6.07, 6.45) is -1.96. The highest BCUT2D eigenvalue weighted by Gasteiger charge is 2.67. The summed E-state index contributed by atoms with van der Waals surface area (Å²) in [7, 11) is 0. The number of anilines is 1. The number of pyridine rings is 1. The molecule has 4 aliphatic rings. The summed E-state index contributed by atoms with van der Waals surface area (Å²) >= 11 is 0. The van der Waals surface area contributed by atoms with Crippen LogP contribution in [-0.2, 0) is 35.0 Å². The minimum atomic E-state index is -4.57. The molecule has 46 heavy (non-hydrogen) atoms. The molecule has 2 N–H and O–H groups in total. The Morgan fingerprint density at radius 2 is 1.80 bits per heavy atom. The lowest BCUT2D eigenvalue weighted by atomic mass is 9.79. The third-order valence-electron chi connectivity index (χ3n) is 10.2. The zero-order chi connectivity index (χ0) is 32.0. The molecule has 3 atom stereocenters. The van der Waals surface area contributed by atoms with E-state index in [-0.39, 0.29) is 55.3 Å². The first-order valence-electron chi connectivity index (χ1n) is 15.1.